The molecular formula is C25H30N2O5. The zero-order valence-electron chi connectivity index (χ0n) is 18.4. The van der Waals surface area contributed by atoms with Crippen molar-refractivity contribution in [3.63, 3.8) is 0 Å². The maximum atomic E-state index is 12.9. The van der Waals surface area contributed by atoms with Gasteiger partial charge in [0.2, 0.25) is 5.91 Å². The second-order valence-electron chi connectivity index (χ2n) is 7.85. The molecule has 1 N–H and O–H groups in total. The fourth-order valence-corrected chi connectivity index (χ4v) is 3.87. The van der Waals surface area contributed by atoms with Crippen LogP contribution in [0.4, 0.5) is 4.79 Å². The molecule has 1 aliphatic heterocycles. The summed E-state index contributed by atoms with van der Waals surface area (Å²) in [4.78, 5) is 39.2. The summed E-state index contributed by atoms with van der Waals surface area (Å²) < 4.78 is 10.3. The van der Waals surface area contributed by atoms with Gasteiger partial charge < -0.3 is 14.8 Å². The van der Waals surface area contributed by atoms with Gasteiger partial charge in [0.25, 0.3) is 0 Å². The highest BCUT2D eigenvalue weighted by Crippen LogP contribution is 2.20. The lowest BCUT2D eigenvalue weighted by Gasteiger charge is -2.25. The lowest BCUT2D eigenvalue weighted by molar-refractivity contribution is -0.145. The van der Waals surface area contributed by atoms with E-state index in [0.717, 1.165) is 18.4 Å². The van der Waals surface area contributed by atoms with E-state index in [0.29, 0.717) is 25.8 Å². The van der Waals surface area contributed by atoms with Crippen LogP contribution in [0.1, 0.15) is 36.8 Å². The van der Waals surface area contributed by atoms with Crippen LogP contribution in [0.2, 0.25) is 0 Å². The maximum Gasteiger partial charge on any atom is 0.410 e. The molecule has 1 aliphatic rings. The minimum absolute atomic E-state index is 0.148. The van der Waals surface area contributed by atoms with Gasteiger partial charge in [0.05, 0.1) is 7.11 Å². The first kappa shape index (κ1) is 23.3. The summed E-state index contributed by atoms with van der Waals surface area (Å²) in [5.41, 5.74) is 2.05. The highest BCUT2D eigenvalue weighted by molar-refractivity contribution is 5.90. The Bertz CT molecular complexity index is 888. The number of aryl methyl sites for hydroxylation is 1. The molecule has 0 bridgehead atoms. The molecule has 0 unspecified atom stereocenters. The van der Waals surface area contributed by atoms with Crippen LogP contribution in [-0.4, -0.2) is 48.6 Å². The van der Waals surface area contributed by atoms with E-state index in [1.165, 1.54) is 17.6 Å². The summed E-state index contributed by atoms with van der Waals surface area (Å²) in [5, 5.41) is 2.79. The SMILES string of the molecule is COC(=O)[C@@H](CCCc1ccccc1)NC(=O)[C@H]1CCCN1C(=O)OCc1ccccc1. The molecule has 2 atom stereocenters. The van der Waals surface area contributed by atoms with E-state index in [-0.39, 0.29) is 12.5 Å². The zero-order valence-corrected chi connectivity index (χ0v) is 18.4. The van der Waals surface area contributed by atoms with Crippen molar-refractivity contribution in [3.8, 4) is 0 Å². The molecule has 1 fully saturated rings. The molecule has 0 aliphatic carbocycles. The molecule has 1 heterocycles. The van der Waals surface area contributed by atoms with Crippen LogP contribution in [0, 0.1) is 0 Å². The van der Waals surface area contributed by atoms with E-state index >= 15 is 0 Å². The third kappa shape index (κ3) is 6.57. The van der Waals surface area contributed by atoms with Gasteiger partial charge >= 0.3 is 12.1 Å². The van der Waals surface area contributed by atoms with Crippen molar-refractivity contribution < 1.29 is 23.9 Å². The predicted molar refractivity (Wildman–Crippen MR) is 120 cm³/mol. The number of esters is 1. The molecule has 2 amide bonds. The molecule has 0 radical (unpaired) electrons. The number of nitrogens with zero attached hydrogens (tertiary/aromatic N) is 1. The molecule has 2 aromatic carbocycles. The zero-order chi connectivity index (χ0) is 22.8. The summed E-state index contributed by atoms with van der Waals surface area (Å²) in [6, 6.07) is 17.9. The highest BCUT2D eigenvalue weighted by atomic mass is 16.6. The Morgan fingerprint density at radius 3 is 2.34 bits per heavy atom. The molecule has 1 saturated heterocycles. The molecule has 170 valence electrons. The number of amides is 2. The van der Waals surface area contributed by atoms with Crippen molar-refractivity contribution in [3.05, 3.63) is 71.8 Å². The van der Waals surface area contributed by atoms with Crippen molar-refractivity contribution in [2.75, 3.05) is 13.7 Å². The average molecular weight is 439 g/mol. The van der Waals surface area contributed by atoms with E-state index in [2.05, 4.69) is 5.32 Å². The summed E-state index contributed by atoms with van der Waals surface area (Å²) in [7, 11) is 1.31. The van der Waals surface area contributed by atoms with Crippen LogP contribution >= 0.6 is 0 Å². The fraction of sp³-hybridized carbons (Fsp3) is 0.400. The minimum Gasteiger partial charge on any atom is -0.467 e. The van der Waals surface area contributed by atoms with E-state index in [4.69, 9.17) is 9.47 Å². The molecular weight excluding hydrogens is 408 g/mol. The third-order valence-electron chi connectivity index (χ3n) is 5.60. The predicted octanol–water partition coefficient (Wildman–Crippen LogP) is 3.47. The summed E-state index contributed by atoms with van der Waals surface area (Å²) in [5.74, 6) is -0.836. The standard InChI is InChI=1S/C25H30N2O5/c1-31-24(29)21(15-8-14-19-10-4-2-5-11-19)26-23(28)22-16-9-17-27(22)25(30)32-18-20-12-6-3-7-13-20/h2-7,10-13,21-22H,8-9,14-18H2,1H3,(H,26,28)/t21-,22-/m1/s1. The van der Waals surface area contributed by atoms with E-state index in [9.17, 15) is 14.4 Å². The van der Waals surface area contributed by atoms with Crippen LogP contribution in [0.3, 0.4) is 0 Å². The number of benzene rings is 2. The Morgan fingerprint density at radius 1 is 1.03 bits per heavy atom. The van der Waals surface area contributed by atoms with Gasteiger partial charge in [0.1, 0.15) is 18.7 Å². The lowest BCUT2D eigenvalue weighted by atomic mass is 10.0. The van der Waals surface area contributed by atoms with Crippen LogP contribution in [0.15, 0.2) is 60.7 Å². The third-order valence-corrected chi connectivity index (χ3v) is 5.60. The molecule has 0 aromatic heterocycles. The Morgan fingerprint density at radius 2 is 1.69 bits per heavy atom. The Balaban J connectivity index is 1.54. The first-order chi connectivity index (χ1) is 15.6. The maximum absolute atomic E-state index is 12.9. The van der Waals surface area contributed by atoms with Gasteiger partial charge in [-0.3, -0.25) is 9.69 Å². The molecule has 3 rings (SSSR count). The number of carbonyl (C=O) groups is 3. The quantitative estimate of drug-likeness (QED) is 0.606. The van der Waals surface area contributed by atoms with Gasteiger partial charge in [0.15, 0.2) is 0 Å². The van der Waals surface area contributed by atoms with E-state index in [1.807, 2.05) is 60.7 Å². The number of likely N-dealkylation sites (tertiary alicyclic amines) is 1. The minimum atomic E-state index is -0.751. The second kappa shape index (κ2) is 11.9. The Labute approximate surface area is 188 Å². The van der Waals surface area contributed by atoms with Gasteiger partial charge in [0, 0.05) is 6.54 Å². The summed E-state index contributed by atoms with van der Waals surface area (Å²) >= 11 is 0. The highest BCUT2D eigenvalue weighted by Gasteiger charge is 2.36. The smallest absolute Gasteiger partial charge is 0.410 e. The van der Waals surface area contributed by atoms with Crippen molar-refractivity contribution in [2.24, 2.45) is 0 Å². The van der Waals surface area contributed by atoms with Crippen molar-refractivity contribution in [1.82, 2.24) is 10.2 Å². The first-order valence-electron chi connectivity index (χ1n) is 11.0. The summed E-state index contributed by atoms with van der Waals surface area (Å²) in [6.07, 6.45) is 2.69. The molecule has 32 heavy (non-hydrogen) atoms. The van der Waals surface area contributed by atoms with Gasteiger partial charge in [-0.15, -0.1) is 0 Å². The lowest BCUT2D eigenvalue weighted by Crippen LogP contribution is -2.51. The van der Waals surface area contributed by atoms with Crippen LogP contribution in [0.25, 0.3) is 0 Å². The number of hydrogen-bond donors (Lipinski definition) is 1. The number of ether oxygens (including phenoxy) is 2. The van der Waals surface area contributed by atoms with Crippen molar-refractivity contribution in [2.45, 2.75) is 50.8 Å². The van der Waals surface area contributed by atoms with Crippen LogP contribution < -0.4 is 5.32 Å². The van der Waals surface area contributed by atoms with Gasteiger partial charge in [-0.05, 0) is 43.2 Å². The number of rotatable bonds is 9. The van der Waals surface area contributed by atoms with Gasteiger partial charge in [-0.2, -0.15) is 0 Å². The van der Waals surface area contributed by atoms with Gasteiger partial charge in [-0.25, -0.2) is 9.59 Å². The molecule has 7 heteroatoms. The first-order valence-corrected chi connectivity index (χ1v) is 11.0. The Hall–Kier alpha value is -3.35. The number of carbonyl (C=O) groups excluding carboxylic acids is 3. The van der Waals surface area contributed by atoms with Crippen molar-refractivity contribution in [1.29, 1.82) is 0 Å². The fourth-order valence-electron chi connectivity index (χ4n) is 3.87. The topological polar surface area (TPSA) is 84.9 Å². The Kier molecular flexibility index (Phi) is 8.66. The number of hydrogen-bond acceptors (Lipinski definition) is 5. The second-order valence-corrected chi connectivity index (χ2v) is 7.85. The van der Waals surface area contributed by atoms with Gasteiger partial charge in [-0.1, -0.05) is 60.7 Å². The molecule has 0 spiro atoms. The van der Waals surface area contributed by atoms with Crippen LogP contribution in [-0.2, 0) is 32.1 Å². The van der Waals surface area contributed by atoms with E-state index < -0.39 is 24.1 Å². The monoisotopic (exact) mass is 438 g/mol. The number of nitrogens with one attached hydrogen (secondary N) is 1. The normalized spacial score (nSPS) is 16.3. The molecule has 0 saturated carbocycles. The number of methoxy groups -OCH3 is 1. The molecule has 2 aromatic rings. The largest absolute Gasteiger partial charge is 0.467 e. The van der Waals surface area contributed by atoms with Crippen LogP contribution in [0.5, 0.6) is 0 Å². The molecule has 7 nitrogen and oxygen atoms in total. The summed E-state index contributed by atoms with van der Waals surface area (Å²) in [6.45, 7) is 0.595. The van der Waals surface area contributed by atoms with E-state index in [1.54, 1.807) is 0 Å². The van der Waals surface area contributed by atoms with Crippen molar-refractivity contribution >= 4 is 18.0 Å². The average Bonchev–Trinajstić information content (AvgIpc) is 3.33.